The molecule has 116 valence electrons. The van der Waals surface area contributed by atoms with Gasteiger partial charge in [0.2, 0.25) is 5.43 Å². The maximum atomic E-state index is 11.1. The molecule has 4 heteroatoms. The summed E-state index contributed by atoms with van der Waals surface area (Å²) in [6.45, 7) is 4.71. The fourth-order valence-corrected chi connectivity index (χ4v) is 1.75. The van der Waals surface area contributed by atoms with E-state index in [1.165, 1.54) is 11.6 Å². The second kappa shape index (κ2) is 10.3. The van der Waals surface area contributed by atoms with Gasteiger partial charge in [0, 0.05) is 25.6 Å². The lowest BCUT2D eigenvalue weighted by molar-refractivity contribution is 0.185. The number of nitrogens with one attached hydrogen (secondary N) is 1. The first-order valence-electron chi connectivity index (χ1n) is 7.26. The molecule has 0 spiro atoms. The SMILES string of the molecule is CC.COCc1ccccc1.O=c1cc[nH]c2cccnc12. The van der Waals surface area contributed by atoms with E-state index >= 15 is 0 Å². The Labute approximate surface area is 130 Å². The van der Waals surface area contributed by atoms with Crippen molar-refractivity contribution in [1.29, 1.82) is 0 Å². The minimum atomic E-state index is -0.0423. The molecule has 0 aliphatic rings. The molecule has 2 heterocycles. The summed E-state index contributed by atoms with van der Waals surface area (Å²) in [5.41, 5.74) is 2.45. The van der Waals surface area contributed by atoms with Crippen molar-refractivity contribution >= 4 is 11.0 Å². The molecule has 2 aromatic heterocycles. The zero-order valence-corrected chi connectivity index (χ0v) is 13.2. The van der Waals surface area contributed by atoms with E-state index in [1.54, 1.807) is 25.6 Å². The van der Waals surface area contributed by atoms with Crippen molar-refractivity contribution in [3.63, 3.8) is 0 Å². The van der Waals surface area contributed by atoms with Crippen LogP contribution in [-0.4, -0.2) is 17.1 Å². The number of pyridine rings is 2. The number of nitrogens with zero attached hydrogens (tertiary/aromatic N) is 1. The molecule has 0 bridgehead atoms. The molecule has 3 aromatic rings. The van der Waals surface area contributed by atoms with Crippen LogP contribution in [0.5, 0.6) is 0 Å². The number of benzene rings is 1. The Morgan fingerprint density at radius 3 is 2.41 bits per heavy atom. The number of rotatable bonds is 2. The van der Waals surface area contributed by atoms with Gasteiger partial charge in [0.05, 0.1) is 12.1 Å². The third-order valence-electron chi connectivity index (χ3n) is 2.67. The molecule has 0 fully saturated rings. The Hall–Kier alpha value is -2.46. The predicted octanol–water partition coefficient (Wildman–Crippen LogP) is 3.78. The number of aromatic amines is 1. The first kappa shape index (κ1) is 17.6. The normalized spacial score (nSPS) is 9.23. The quantitative estimate of drug-likeness (QED) is 0.783. The van der Waals surface area contributed by atoms with Crippen LogP contribution in [0.2, 0.25) is 0 Å². The van der Waals surface area contributed by atoms with Crippen molar-refractivity contribution < 1.29 is 4.74 Å². The summed E-state index contributed by atoms with van der Waals surface area (Å²) in [6, 6.07) is 15.2. The lowest BCUT2D eigenvalue weighted by Gasteiger charge is -1.95. The lowest BCUT2D eigenvalue weighted by atomic mass is 10.2. The Morgan fingerprint density at radius 2 is 1.77 bits per heavy atom. The monoisotopic (exact) mass is 298 g/mol. The zero-order chi connectivity index (χ0) is 16.2. The summed E-state index contributed by atoms with van der Waals surface area (Å²) >= 11 is 0. The first-order valence-corrected chi connectivity index (χ1v) is 7.26. The Balaban J connectivity index is 0.000000202. The third kappa shape index (κ3) is 5.50. The van der Waals surface area contributed by atoms with Gasteiger partial charge in [-0.05, 0) is 17.7 Å². The van der Waals surface area contributed by atoms with Crippen molar-refractivity contribution in [3.05, 3.63) is 76.7 Å². The van der Waals surface area contributed by atoms with E-state index in [2.05, 4.69) is 9.97 Å². The highest BCUT2D eigenvalue weighted by Crippen LogP contribution is 1.99. The van der Waals surface area contributed by atoms with Crippen molar-refractivity contribution in [2.75, 3.05) is 7.11 Å². The molecule has 0 aliphatic heterocycles. The minimum Gasteiger partial charge on any atom is -0.380 e. The smallest absolute Gasteiger partial charge is 0.207 e. The van der Waals surface area contributed by atoms with Gasteiger partial charge in [0.25, 0.3) is 0 Å². The standard InChI is InChI=1S/C8H6N2O.C8H10O.C2H6/c11-7-3-5-9-6-2-1-4-10-8(6)7;1-9-7-8-5-3-2-4-6-8;1-2/h1-5H,(H,9,11);2-6H,7H2,1H3;1-2H3. The van der Waals surface area contributed by atoms with Gasteiger partial charge in [-0.25, -0.2) is 0 Å². The van der Waals surface area contributed by atoms with E-state index in [4.69, 9.17) is 4.74 Å². The van der Waals surface area contributed by atoms with Crippen molar-refractivity contribution in [3.8, 4) is 0 Å². The maximum Gasteiger partial charge on any atom is 0.207 e. The van der Waals surface area contributed by atoms with Crippen LogP contribution < -0.4 is 5.43 Å². The molecule has 3 rings (SSSR count). The van der Waals surface area contributed by atoms with Crippen LogP contribution in [0.4, 0.5) is 0 Å². The van der Waals surface area contributed by atoms with E-state index in [1.807, 2.05) is 50.2 Å². The summed E-state index contributed by atoms with van der Waals surface area (Å²) in [6.07, 6.45) is 3.23. The molecular weight excluding hydrogens is 276 g/mol. The molecule has 1 aromatic carbocycles. The van der Waals surface area contributed by atoms with Gasteiger partial charge in [0.1, 0.15) is 5.52 Å². The molecule has 0 amide bonds. The van der Waals surface area contributed by atoms with Crippen LogP contribution in [0, 0.1) is 0 Å². The third-order valence-corrected chi connectivity index (χ3v) is 2.67. The minimum absolute atomic E-state index is 0.0423. The van der Waals surface area contributed by atoms with Crippen molar-refractivity contribution in [1.82, 2.24) is 9.97 Å². The summed E-state index contributed by atoms with van der Waals surface area (Å²) < 4.78 is 4.93. The van der Waals surface area contributed by atoms with Crippen LogP contribution in [0.1, 0.15) is 19.4 Å². The Kier molecular flexibility index (Phi) is 8.23. The molecule has 1 N–H and O–H groups in total. The maximum absolute atomic E-state index is 11.1. The highest BCUT2D eigenvalue weighted by Gasteiger charge is 1.94. The largest absolute Gasteiger partial charge is 0.380 e. The summed E-state index contributed by atoms with van der Waals surface area (Å²) in [5, 5.41) is 0. The summed E-state index contributed by atoms with van der Waals surface area (Å²) in [7, 11) is 1.70. The lowest BCUT2D eigenvalue weighted by Crippen LogP contribution is -2.01. The van der Waals surface area contributed by atoms with Gasteiger partial charge in [-0.3, -0.25) is 9.78 Å². The van der Waals surface area contributed by atoms with Gasteiger partial charge < -0.3 is 9.72 Å². The molecule has 4 nitrogen and oxygen atoms in total. The van der Waals surface area contributed by atoms with Crippen molar-refractivity contribution in [2.45, 2.75) is 20.5 Å². The van der Waals surface area contributed by atoms with Gasteiger partial charge in [-0.15, -0.1) is 0 Å². The molecule has 0 saturated carbocycles. The van der Waals surface area contributed by atoms with E-state index in [0.29, 0.717) is 12.1 Å². The summed E-state index contributed by atoms with van der Waals surface area (Å²) in [5.74, 6) is 0. The number of ether oxygens (including phenoxy) is 1. The highest BCUT2D eigenvalue weighted by molar-refractivity contribution is 5.72. The fraction of sp³-hybridized carbons (Fsp3) is 0.222. The average Bonchev–Trinajstić information content (AvgIpc) is 2.59. The molecule has 0 saturated heterocycles. The highest BCUT2D eigenvalue weighted by atomic mass is 16.5. The van der Waals surface area contributed by atoms with Crippen LogP contribution in [0.3, 0.4) is 0 Å². The summed E-state index contributed by atoms with van der Waals surface area (Å²) in [4.78, 5) is 18.0. The van der Waals surface area contributed by atoms with E-state index in [9.17, 15) is 4.79 Å². The van der Waals surface area contributed by atoms with Gasteiger partial charge in [-0.1, -0.05) is 44.2 Å². The molecule has 0 unspecified atom stereocenters. The van der Waals surface area contributed by atoms with E-state index < -0.39 is 0 Å². The number of aromatic nitrogens is 2. The van der Waals surface area contributed by atoms with Crippen LogP contribution in [0.25, 0.3) is 11.0 Å². The van der Waals surface area contributed by atoms with E-state index in [0.717, 1.165) is 5.52 Å². The first-order chi connectivity index (χ1) is 10.8. The van der Waals surface area contributed by atoms with Gasteiger partial charge in [-0.2, -0.15) is 0 Å². The average molecular weight is 298 g/mol. The van der Waals surface area contributed by atoms with Gasteiger partial charge in [0.15, 0.2) is 0 Å². The zero-order valence-electron chi connectivity index (χ0n) is 13.2. The molecule has 22 heavy (non-hydrogen) atoms. The van der Waals surface area contributed by atoms with Crippen molar-refractivity contribution in [2.24, 2.45) is 0 Å². The number of methoxy groups -OCH3 is 1. The fourth-order valence-electron chi connectivity index (χ4n) is 1.75. The molecular formula is C18H22N2O2. The number of hydrogen-bond acceptors (Lipinski definition) is 3. The van der Waals surface area contributed by atoms with E-state index in [-0.39, 0.29) is 5.43 Å². The Morgan fingerprint density at radius 1 is 1.05 bits per heavy atom. The molecule has 0 radical (unpaired) electrons. The second-order valence-corrected chi connectivity index (χ2v) is 4.16. The number of H-pyrrole nitrogens is 1. The topological polar surface area (TPSA) is 55.0 Å². The van der Waals surface area contributed by atoms with Gasteiger partial charge >= 0.3 is 0 Å². The van der Waals surface area contributed by atoms with Crippen LogP contribution >= 0.6 is 0 Å². The number of hydrogen-bond donors (Lipinski definition) is 1. The molecule has 0 atom stereocenters. The second-order valence-electron chi connectivity index (χ2n) is 4.16. The van der Waals surface area contributed by atoms with Crippen LogP contribution in [0.15, 0.2) is 65.7 Å². The Bertz CT molecular complexity index is 703. The molecule has 0 aliphatic carbocycles. The number of fused-ring (bicyclic) bond motifs is 1. The predicted molar refractivity (Wildman–Crippen MR) is 90.9 cm³/mol. The van der Waals surface area contributed by atoms with Crippen LogP contribution in [-0.2, 0) is 11.3 Å².